The molecule has 0 spiro atoms. The monoisotopic (exact) mass is 335 g/mol. The van der Waals surface area contributed by atoms with Gasteiger partial charge in [-0.3, -0.25) is 10.1 Å². The Balaban J connectivity index is 2.13. The lowest BCUT2D eigenvalue weighted by Gasteiger charge is -2.18. The number of aromatic nitrogens is 1. The second kappa shape index (κ2) is 6.47. The molecule has 2 aromatic rings. The van der Waals surface area contributed by atoms with Crippen LogP contribution in [0, 0.1) is 10.1 Å². The summed E-state index contributed by atoms with van der Waals surface area (Å²) in [5.74, 6) is 0.630. The van der Waals surface area contributed by atoms with Crippen LogP contribution in [0.15, 0.2) is 47.1 Å². The van der Waals surface area contributed by atoms with Gasteiger partial charge in [-0.15, -0.1) is 0 Å². The molecule has 0 aliphatic rings. The Labute approximate surface area is 125 Å². The minimum absolute atomic E-state index is 0.00719. The van der Waals surface area contributed by atoms with Crippen molar-refractivity contribution in [2.24, 2.45) is 0 Å². The van der Waals surface area contributed by atoms with E-state index in [9.17, 15) is 10.1 Å². The number of nitro groups is 1. The standard InChI is InChI=1S/C14H14BrN3O2/c1-2-13(10-3-5-11(15)6-4-10)17-14-8-7-12(9-16-14)18(19)20/h3-9,13H,2H2,1H3,(H,16,17). The number of anilines is 1. The van der Waals surface area contributed by atoms with Gasteiger partial charge in [0.2, 0.25) is 0 Å². The van der Waals surface area contributed by atoms with E-state index in [0.717, 1.165) is 16.5 Å². The van der Waals surface area contributed by atoms with Gasteiger partial charge in [0.25, 0.3) is 5.69 Å². The zero-order chi connectivity index (χ0) is 14.5. The van der Waals surface area contributed by atoms with E-state index < -0.39 is 4.92 Å². The third kappa shape index (κ3) is 3.54. The molecule has 104 valence electrons. The van der Waals surface area contributed by atoms with E-state index in [-0.39, 0.29) is 11.7 Å². The van der Waals surface area contributed by atoms with Crippen molar-refractivity contribution in [1.29, 1.82) is 0 Å². The van der Waals surface area contributed by atoms with Gasteiger partial charge >= 0.3 is 0 Å². The minimum Gasteiger partial charge on any atom is -0.363 e. The first-order chi connectivity index (χ1) is 9.60. The summed E-state index contributed by atoms with van der Waals surface area (Å²) in [6, 6.07) is 11.2. The summed E-state index contributed by atoms with van der Waals surface area (Å²) >= 11 is 3.41. The molecule has 0 radical (unpaired) electrons. The van der Waals surface area contributed by atoms with Gasteiger partial charge in [0.15, 0.2) is 0 Å². The van der Waals surface area contributed by atoms with Crippen molar-refractivity contribution in [2.45, 2.75) is 19.4 Å². The summed E-state index contributed by atoms with van der Waals surface area (Å²) in [6.07, 6.45) is 2.15. The molecule has 1 aromatic heterocycles. The molecule has 20 heavy (non-hydrogen) atoms. The molecular weight excluding hydrogens is 322 g/mol. The second-order valence-electron chi connectivity index (χ2n) is 4.32. The third-order valence-corrected chi connectivity index (χ3v) is 3.49. The van der Waals surface area contributed by atoms with Crippen molar-refractivity contribution < 1.29 is 4.92 Å². The highest BCUT2D eigenvalue weighted by molar-refractivity contribution is 9.10. The Morgan fingerprint density at radius 2 is 2.00 bits per heavy atom. The second-order valence-corrected chi connectivity index (χ2v) is 5.23. The molecule has 5 nitrogen and oxygen atoms in total. The summed E-state index contributed by atoms with van der Waals surface area (Å²) < 4.78 is 1.03. The molecule has 1 atom stereocenters. The fourth-order valence-electron chi connectivity index (χ4n) is 1.87. The maximum Gasteiger partial charge on any atom is 0.287 e. The SMILES string of the molecule is CCC(Nc1ccc([N+](=O)[O-])cn1)c1ccc(Br)cc1. The van der Waals surface area contributed by atoms with Crippen LogP contribution in [0.2, 0.25) is 0 Å². The van der Waals surface area contributed by atoms with Crippen LogP contribution in [0.25, 0.3) is 0 Å². The summed E-state index contributed by atoms with van der Waals surface area (Å²) in [6.45, 7) is 2.07. The highest BCUT2D eigenvalue weighted by Crippen LogP contribution is 2.23. The smallest absolute Gasteiger partial charge is 0.287 e. The molecular formula is C14H14BrN3O2. The Morgan fingerprint density at radius 3 is 2.50 bits per heavy atom. The predicted octanol–water partition coefficient (Wildman–Crippen LogP) is 4.32. The zero-order valence-corrected chi connectivity index (χ0v) is 12.5. The van der Waals surface area contributed by atoms with E-state index in [1.165, 1.54) is 12.3 Å². The maximum absolute atomic E-state index is 10.6. The van der Waals surface area contributed by atoms with Crippen molar-refractivity contribution >= 4 is 27.4 Å². The van der Waals surface area contributed by atoms with Gasteiger partial charge in [0.05, 0.1) is 11.0 Å². The highest BCUT2D eigenvalue weighted by atomic mass is 79.9. The fourth-order valence-corrected chi connectivity index (χ4v) is 2.14. The minimum atomic E-state index is -0.456. The molecule has 0 aliphatic carbocycles. The molecule has 0 fully saturated rings. The fraction of sp³-hybridized carbons (Fsp3) is 0.214. The Kier molecular flexibility index (Phi) is 4.68. The molecule has 0 saturated carbocycles. The van der Waals surface area contributed by atoms with Gasteiger partial charge in [-0.25, -0.2) is 4.98 Å². The molecule has 0 bridgehead atoms. The van der Waals surface area contributed by atoms with E-state index >= 15 is 0 Å². The number of hydrogen-bond donors (Lipinski definition) is 1. The molecule has 1 aromatic carbocycles. The number of benzene rings is 1. The van der Waals surface area contributed by atoms with Crippen LogP contribution in [0.5, 0.6) is 0 Å². The maximum atomic E-state index is 10.6. The molecule has 2 rings (SSSR count). The first-order valence-corrected chi connectivity index (χ1v) is 7.02. The number of rotatable bonds is 5. The van der Waals surface area contributed by atoms with Crippen molar-refractivity contribution in [2.75, 3.05) is 5.32 Å². The van der Waals surface area contributed by atoms with E-state index in [4.69, 9.17) is 0 Å². The number of pyridine rings is 1. The molecule has 6 heteroatoms. The van der Waals surface area contributed by atoms with Crippen LogP contribution in [0.1, 0.15) is 24.9 Å². The average Bonchev–Trinajstić information content (AvgIpc) is 2.46. The van der Waals surface area contributed by atoms with Crippen LogP contribution in [-0.4, -0.2) is 9.91 Å². The van der Waals surface area contributed by atoms with Crippen molar-refractivity contribution in [3.8, 4) is 0 Å². The molecule has 1 N–H and O–H groups in total. The number of nitrogens with one attached hydrogen (secondary N) is 1. The third-order valence-electron chi connectivity index (χ3n) is 2.96. The van der Waals surface area contributed by atoms with Crippen LogP contribution in [0.3, 0.4) is 0 Å². The quantitative estimate of drug-likeness (QED) is 0.652. The lowest BCUT2D eigenvalue weighted by molar-refractivity contribution is -0.385. The lowest BCUT2D eigenvalue weighted by atomic mass is 10.0. The van der Waals surface area contributed by atoms with Gasteiger partial charge in [0, 0.05) is 10.5 Å². The van der Waals surface area contributed by atoms with E-state index in [1.807, 2.05) is 24.3 Å². The van der Waals surface area contributed by atoms with Gasteiger partial charge in [-0.2, -0.15) is 0 Å². The Morgan fingerprint density at radius 1 is 1.30 bits per heavy atom. The van der Waals surface area contributed by atoms with Crippen molar-refractivity contribution in [3.05, 3.63) is 62.7 Å². The largest absolute Gasteiger partial charge is 0.363 e. The van der Waals surface area contributed by atoms with E-state index in [2.05, 4.69) is 33.2 Å². The van der Waals surface area contributed by atoms with E-state index in [0.29, 0.717) is 5.82 Å². The average molecular weight is 336 g/mol. The van der Waals surface area contributed by atoms with Crippen LogP contribution in [-0.2, 0) is 0 Å². The topological polar surface area (TPSA) is 68.1 Å². The van der Waals surface area contributed by atoms with Gasteiger partial charge in [-0.05, 0) is 30.2 Å². The molecule has 0 aliphatic heterocycles. The van der Waals surface area contributed by atoms with Crippen molar-refractivity contribution in [1.82, 2.24) is 4.98 Å². The molecule has 0 saturated heterocycles. The summed E-state index contributed by atoms with van der Waals surface area (Å²) in [5.41, 5.74) is 1.14. The first kappa shape index (κ1) is 14.5. The predicted molar refractivity (Wildman–Crippen MR) is 81.7 cm³/mol. The molecule has 1 heterocycles. The highest BCUT2D eigenvalue weighted by Gasteiger charge is 2.11. The van der Waals surface area contributed by atoms with Crippen LogP contribution < -0.4 is 5.32 Å². The first-order valence-electron chi connectivity index (χ1n) is 6.22. The normalized spacial score (nSPS) is 11.9. The van der Waals surface area contributed by atoms with Crippen LogP contribution in [0.4, 0.5) is 11.5 Å². The number of hydrogen-bond acceptors (Lipinski definition) is 4. The lowest BCUT2D eigenvalue weighted by Crippen LogP contribution is -2.10. The van der Waals surface area contributed by atoms with Gasteiger partial charge in [0.1, 0.15) is 12.0 Å². The summed E-state index contributed by atoms with van der Waals surface area (Å²) in [5, 5.41) is 13.9. The number of halogens is 1. The number of nitrogens with zero attached hydrogens (tertiary/aromatic N) is 2. The molecule has 1 unspecified atom stereocenters. The Bertz CT molecular complexity index is 584. The zero-order valence-electron chi connectivity index (χ0n) is 10.9. The Hall–Kier alpha value is -1.95. The van der Waals surface area contributed by atoms with Gasteiger partial charge in [-0.1, -0.05) is 35.0 Å². The van der Waals surface area contributed by atoms with Gasteiger partial charge < -0.3 is 5.32 Å². The van der Waals surface area contributed by atoms with E-state index in [1.54, 1.807) is 6.07 Å². The molecule has 0 amide bonds. The van der Waals surface area contributed by atoms with Crippen molar-refractivity contribution in [3.63, 3.8) is 0 Å². The summed E-state index contributed by atoms with van der Waals surface area (Å²) in [7, 11) is 0. The van der Waals surface area contributed by atoms with Crippen LogP contribution >= 0.6 is 15.9 Å². The summed E-state index contributed by atoms with van der Waals surface area (Å²) in [4.78, 5) is 14.2.